The molecule has 3 heterocycles. The number of hydrogen-bond donors (Lipinski definition) is 0. The molecule has 6 heteroatoms. The second-order valence-corrected chi connectivity index (χ2v) is 5.51. The fraction of sp³-hybridized carbons (Fsp3) is 0.538. The number of nitrogens with zero attached hydrogens (tertiary/aromatic N) is 5. The van der Waals surface area contributed by atoms with Gasteiger partial charge in [0.15, 0.2) is 0 Å². The summed E-state index contributed by atoms with van der Waals surface area (Å²) in [6.45, 7) is 2.85. The first-order valence-corrected chi connectivity index (χ1v) is 6.97. The minimum atomic E-state index is 0.519. The topological polar surface area (TPSA) is 36.7 Å². The average molecular weight is 280 g/mol. The monoisotopic (exact) mass is 279 g/mol. The molecule has 0 unspecified atom stereocenters. The SMILES string of the molecule is CN1CCC(n2cc(N3C=CC(Cl)=NC3)cn2)CC1. The second-order valence-electron chi connectivity index (χ2n) is 5.12. The third-order valence-electron chi connectivity index (χ3n) is 3.75. The van der Waals surface area contributed by atoms with Crippen LogP contribution in [0.5, 0.6) is 0 Å². The molecule has 0 amide bonds. The lowest BCUT2D eigenvalue weighted by Crippen LogP contribution is -2.31. The van der Waals surface area contributed by atoms with Gasteiger partial charge < -0.3 is 9.80 Å². The van der Waals surface area contributed by atoms with Crippen molar-refractivity contribution in [3.63, 3.8) is 0 Å². The Morgan fingerprint density at radius 1 is 1.32 bits per heavy atom. The van der Waals surface area contributed by atoms with Gasteiger partial charge in [0.25, 0.3) is 0 Å². The zero-order valence-electron chi connectivity index (χ0n) is 11.0. The Morgan fingerprint density at radius 2 is 2.11 bits per heavy atom. The van der Waals surface area contributed by atoms with Gasteiger partial charge in [0, 0.05) is 12.4 Å². The van der Waals surface area contributed by atoms with Crippen LogP contribution < -0.4 is 4.90 Å². The summed E-state index contributed by atoms with van der Waals surface area (Å²) in [5.41, 5.74) is 1.07. The maximum atomic E-state index is 5.82. The van der Waals surface area contributed by atoms with Gasteiger partial charge in [-0.15, -0.1) is 0 Å². The molecule has 2 aliphatic heterocycles. The molecule has 0 radical (unpaired) electrons. The van der Waals surface area contributed by atoms with E-state index < -0.39 is 0 Å². The fourth-order valence-corrected chi connectivity index (χ4v) is 2.61. The number of piperidine rings is 1. The molecule has 0 aliphatic carbocycles. The highest BCUT2D eigenvalue weighted by molar-refractivity contribution is 6.68. The fourth-order valence-electron chi connectivity index (χ4n) is 2.50. The van der Waals surface area contributed by atoms with Crippen molar-refractivity contribution in [3.05, 3.63) is 24.7 Å². The van der Waals surface area contributed by atoms with Crippen molar-refractivity contribution in [2.24, 2.45) is 4.99 Å². The Hall–Kier alpha value is -1.33. The highest BCUT2D eigenvalue weighted by Gasteiger charge is 2.19. The molecule has 1 fully saturated rings. The van der Waals surface area contributed by atoms with Gasteiger partial charge in [-0.3, -0.25) is 9.67 Å². The van der Waals surface area contributed by atoms with E-state index in [9.17, 15) is 0 Å². The minimum absolute atomic E-state index is 0.519. The van der Waals surface area contributed by atoms with E-state index in [2.05, 4.69) is 32.9 Å². The minimum Gasteiger partial charge on any atom is -0.325 e. The second kappa shape index (κ2) is 5.35. The normalized spacial score (nSPS) is 21.8. The first kappa shape index (κ1) is 12.7. The maximum Gasteiger partial charge on any atom is 0.127 e. The molecule has 0 saturated carbocycles. The molecule has 0 aromatic carbocycles. The van der Waals surface area contributed by atoms with E-state index in [1.165, 1.54) is 0 Å². The van der Waals surface area contributed by atoms with Crippen LogP contribution in [-0.2, 0) is 0 Å². The quantitative estimate of drug-likeness (QED) is 0.832. The van der Waals surface area contributed by atoms with Gasteiger partial charge in [-0.1, -0.05) is 11.6 Å². The third kappa shape index (κ3) is 2.82. The van der Waals surface area contributed by atoms with Crippen LogP contribution in [0.3, 0.4) is 0 Å². The van der Waals surface area contributed by atoms with E-state index in [-0.39, 0.29) is 0 Å². The number of hydrogen-bond acceptors (Lipinski definition) is 4. The summed E-state index contributed by atoms with van der Waals surface area (Å²) in [5.74, 6) is 0. The number of aliphatic imine (C=N–C) groups is 1. The number of allylic oxidation sites excluding steroid dienone is 1. The van der Waals surface area contributed by atoms with Crippen molar-refractivity contribution in [2.75, 3.05) is 31.7 Å². The van der Waals surface area contributed by atoms with Gasteiger partial charge in [0.05, 0.1) is 17.9 Å². The number of anilines is 1. The van der Waals surface area contributed by atoms with Crippen LogP contribution in [0, 0.1) is 0 Å². The van der Waals surface area contributed by atoms with Crippen LogP contribution >= 0.6 is 11.6 Å². The van der Waals surface area contributed by atoms with Crippen LogP contribution in [0.15, 0.2) is 29.7 Å². The lowest BCUT2D eigenvalue weighted by atomic mass is 10.1. The standard InChI is InChI=1S/C13H18ClN5/c1-17-5-2-11(3-6-17)19-9-12(8-16-19)18-7-4-13(14)15-10-18/h4,7-9,11H,2-3,5-6,10H2,1H3. The zero-order chi connectivity index (χ0) is 13.2. The number of likely N-dealkylation sites (tertiary alicyclic amines) is 1. The molecular weight excluding hydrogens is 262 g/mol. The number of halogens is 1. The molecule has 102 valence electrons. The van der Waals surface area contributed by atoms with Crippen molar-refractivity contribution in [2.45, 2.75) is 18.9 Å². The van der Waals surface area contributed by atoms with Crippen LogP contribution in [0.4, 0.5) is 5.69 Å². The number of aromatic nitrogens is 2. The molecule has 1 aromatic heterocycles. The molecule has 1 aromatic rings. The molecule has 5 nitrogen and oxygen atoms in total. The molecule has 0 N–H and O–H groups in total. The Labute approximate surface area is 118 Å². The van der Waals surface area contributed by atoms with Crippen LogP contribution in [0.1, 0.15) is 18.9 Å². The molecule has 0 bridgehead atoms. The summed E-state index contributed by atoms with van der Waals surface area (Å²) in [6.07, 6.45) is 10.1. The maximum absolute atomic E-state index is 5.82. The number of rotatable bonds is 2. The van der Waals surface area contributed by atoms with Gasteiger partial charge >= 0.3 is 0 Å². The molecule has 3 rings (SSSR count). The predicted octanol–water partition coefficient (Wildman–Crippen LogP) is 2.08. The summed E-state index contributed by atoms with van der Waals surface area (Å²) >= 11 is 5.82. The first-order chi connectivity index (χ1) is 9.22. The van der Waals surface area contributed by atoms with Crippen molar-refractivity contribution < 1.29 is 0 Å². The van der Waals surface area contributed by atoms with E-state index >= 15 is 0 Å². The van der Waals surface area contributed by atoms with Gasteiger partial charge in [-0.2, -0.15) is 5.10 Å². The zero-order valence-corrected chi connectivity index (χ0v) is 11.8. The third-order valence-corrected chi connectivity index (χ3v) is 3.99. The highest BCUT2D eigenvalue weighted by atomic mass is 35.5. The summed E-state index contributed by atoms with van der Waals surface area (Å²) in [4.78, 5) is 8.61. The Kier molecular flexibility index (Phi) is 3.57. The molecule has 1 saturated heterocycles. The van der Waals surface area contributed by atoms with E-state index in [1.54, 1.807) is 6.08 Å². The lowest BCUT2D eigenvalue weighted by Gasteiger charge is -2.29. The Balaban J connectivity index is 1.68. The molecule has 19 heavy (non-hydrogen) atoms. The van der Waals surface area contributed by atoms with Crippen LogP contribution in [0.25, 0.3) is 0 Å². The molecule has 2 aliphatic rings. The van der Waals surface area contributed by atoms with Crippen molar-refractivity contribution in [1.82, 2.24) is 14.7 Å². The predicted molar refractivity (Wildman–Crippen MR) is 77.8 cm³/mol. The van der Waals surface area contributed by atoms with Crippen molar-refractivity contribution >= 4 is 22.5 Å². The van der Waals surface area contributed by atoms with E-state index in [0.29, 0.717) is 17.9 Å². The van der Waals surface area contributed by atoms with Gasteiger partial charge in [-0.05, 0) is 39.1 Å². The molecule has 0 atom stereocenters. The first-order valence-electron chi connectivity index (χ1n) is 6.60. The smallest absolute Gasteiger partial charge is 0.127 e. The van der Waals surface area contributed by atoms with Gasteiger partial charge in [0.1, 0.15) is 11.8 Å². The Morgan fingerprint density at radius 3 is 2.79 bits per heavy atom. The Bertz CT molecular complexity index is 499. The van der Waals surface area contributed by atoms with Gasteiger partial charge in [0.2, 0.25) is 0 Å². The molecule has 0 spiro atoms. The lowest BCUT2D eigenvalue weighted by molar-refractivity contribution is 0.212. The molecular formula is C13H18ClN5. The summed E-state index contributed by atoms with van der Waals surface area (Å²) < 4.78 is 2.09. The summed E-state index contributed by atoms with van der Waals surface area (Å²) in [7, 11) is 2.17. The summed E-state index contributed by atoms with van der Waals surface area (Å²) in [6, 6.07) is 0.519. The average Bonchev–Trinajstić information content (AvgIpc) is 2.90. The van der Waals surface area contributed by atoms with Gasteiger partial charge in [-0.25, -0.2) is 0 Å². The highest BCUT2D eigenvalue weighted by Crippen LogP contribution is 2.24. The summed E-state index contributed by atoms with van der Waals surface area (Å²) in [5, 5.41) is 5.05. The van der Waals surface area contributed by atoms with E-state index in [1.807, 2.05) is 17.3 Å². The largest absolute Gasteiger partial charge is 0.325 e. The van der Waals surface area contributed by atoms with E-state index in [4.69, 9.17) is 11.6 Å². The van der Waals surface area contributed by atoms with Crippen LogP contribution in [0.2, 0.25) is 0 Å². The van der Waals surface area contributed by atoms with Crippen molar-refractivity contribution in [1.29, 1.82) is 0 Å². The van der Waals surface area contributed by atoms with Crippen LogP contribution in [-0.4, -0.2) is 46.7 Å². The van der Waals surface area contributed by atoms with E-state index in [0.717, 1.165) is 31.6 Å². The van der Waals surface area contributed by atoms with Crippen molar-refractivity contribution in [3.8, 4) is 0 Å².